The van der Waals surface area contributed by atoms with Gasteiger partial charge in [-0.1, -0.05) is 0 Å². The topological polar surface area (TPSA) is 41.6 Å². The van der Waals surface area contributed by atoms with Gasteiger partial charge < -0.3 is 10.6 Å². The Bertz CT molecular complexity index is 105. The van der Waals surface area contributed by atoms with Gasteiger partial charge in [0.25, 0.3) is 0 Å². The minimum atomic E-state index is 0.852. The van der Waals surface area contributed by atoms with E-state index in [-0.39, 0.29) is 0 Å². The summed E-state index contributed by atoms with van der Waals surface area (Å²) in [5.74, 6) is 0. The minimum absolute atomic E-state index is 0.852. The first kappa shape index (κ1) is 8.17. The molecule has 0 heterocycles. The van der Waals surface area contributed by atoms with Gasteiger partial charge in [-0.3, -0.25) is 4.99 Å². The first-order chi connectivity index (χ1) is 4.27. The second kappa shape index (κ2) is 5.31. The molecule has 0 spiro atoms. The Hall–Kier alpha value is -0.830. The van der Waals surface area contributed by atoms with Gasteiger partial charge in [-0.2, -0.15) is 0 Å². The maximum atomic E-state index is 5.04. The Kier molecular flexibility index (Phi) is 4.82. The summed E-state index contributed by atoms with van der Waals surface area (Å²) in [7, 11) is 3.97. The fourth-order valence-corrected chi connectivity index (χ4v) is 0.321. The van der Waals surface area contributed by atoms with E-state index in [1.54, 1.807) is 12.4 Å². The van der Waals surface area contributed by atoms with Crippen LogP contribution in [-0.2, 0) is 0 Å². The van der Waals surface area contributed by atoms with Crippen molar-refractivity contribution in [2.45, 2.75) is 0 Å². The molecule has 0 saturated heterocycles. The van der Waals surface area contributed by atoms with Crippen LogP contribution >= 0.6 is 0 Å². The third kappa shape index (κ3) is 7.17. The number of aliphatic imine (C=N–C) groups is 1. The number of nitrogens with two attached hydrogens (primary N) is 1. The summed E-state index contributed by atoms with van der Waals surface area (Å²) < 4.78 is 0. The number of rotatable bonds is 3. The van der Waals surface area contributed by atoms with Crippen LogP contribution in [0.25, 0.3) is 0 Å². The van der Waals surface area contributed by atoms with Gasteiger partial charge in [0.15, 0.2) is 0 Å². The van der Waals surface area contributed by atoms with E-state index in [2.05, 4.69) is 4.99 Å². The molecule has 0 aliphatic heterocycles. The van der Waals surface area contributed by atoms with Crippen molar-refractivity contribution in [3.63, 3.8) is 0 Å². The smallest absolute Gasteiger partial charge is 0.0419 e. The number of hydrogen-bond donors (Lipinski definition) is 1. The van der Waals surface area contributed by atoms with Crippen molar-refractivity contribution in [2.75, 3.05) is 20.6 Å². The molecule has 0 bridgehead atoms. The van der Waals surface area contributed by atoms with Gasteiger partial charge in [-0.15, -0.1) is 0 Å². The van der Waals surface area contributed by atoms with Crippen LogP contribution in [-0.4, -0.2) is 31.8 Å². The van der Waals surface area contributed by atoms with Crippen molar-refractivity contribution in [1.82, 2.24) is 4.90 Å². The molecule has 0 aliphatic rings. The van der Waals surface area contributed by atoms with E-state index in [0.29, 0.717) is 0 Å². The van der Waals surface area contributed by atoms with Gasteiger partial charge in [-0.25, -0.2) is 0 Å². The molecule has 0 saturated carbocycles. The van der Waals surface area contributed by atoms with E-state index < -0.39 is 0 Å². The highest BCUT2D eigenvalue weighted by atomic mass is 15.1. The largest absolute Gasteiger partial charge is 0.403 e. The Balaban J connectivity index is 3.25. The van der Waals surface area contributed by atoms with E-state index in [0.717, 1.165) is 6.54 Å². The molecular weight excluding hydrogens is 114 g/mol. The van der Waals surface area contributed by atoms with E-state index >= 15 is 0 Å². The van der Waals surface area contributed by atoms with Crippen molar-refractivity contribution in [3.05, 3.63) is 12.4 Å². The Morgan fingerprint density at radius 2 is 2.22 bits per heavy atom. The van der Waals surface area contributed by atoms with Crippen LogP contribution in [0.1, 0.15) is 0 Å². The molecule has 0 fully saturated rings. The molecule has 0 unspecified atom stereocenters. The molecule has 3 heteroatoms. The highest BCUT2D eigenvalue weighted by Gasteiger charge is 1.79. The number of nitrogens with zero attached hydrogens (tertiary/aromatic N) is 2. The summed E-state index contributed by atoms with van der Waals surface area (Å²) in [5, 5.41) is 0. The second-order valence-corrected chi connectivity index (χ2v) is 1.94. The maximum Gasteiger partial charge on any atom is 0.0419 e. The standard InChI is InChI=1S/C6H13N3/c1-9(2)6-5-8-4-3-7/h3-5H,6-7H2,1-2H3. The van der Waals surface area contributed by atoms with Crippen LogP contribution in [0.3, 0.4) is 0 Å². The van der Waals surface area contributed by atoms with Crippen LogP contribution in [0.15, 0.2) is 17.4 Å². The Morgan fingerprint density at radius 3 is 2.67 bits per heavy atom. The fraction of sp³-hybridized carbons (Fsp3) is 0.500. The summed E-state index contributed by atoms with van der Waals surface area (Å²) in [6.07, 6.45) is 4.76. The van der Waals surface area contributed by atoms with Gasteiger partial charge in [0.2, 0.25) is 0 Å². The van der Waals surface area contributed by atoms with Crippen molar-refractivity contribution in [3.8, 4) is 0 Å². The summed E-state index contributed by atoms with van der Waals surface area (Å²) in [6.45, 7) is 0.852. The molecule has 0 rings (SSSR count). The Labute approximate surface area is 55.9 Å². The molecule has 52 valence electrons. The van der Waals surface area contributed by atoms with E-state index in [1.165, 1.54) is 6.20 Å². The van der Waals surface area contributed by atoms with Gasteiger partial charge in [0.05, 0.1) is 0 Å². The normalized spacial score (nSPS) is 12.3. The van der Waals surface area contributed by atoms with Crippen molar-refractivity contribution < 1.29 is 0 Å². The zero-order valence-corrected chi connectivity index (χ0v) is 5.91. The highest BCUT2D eigenvalue weighted by molar-refractivity contribution is 5.60. The molecule has 3 nitrogen and oxygen atoms in total. The van der Waals surface area contributed by atoms with Crippen molar-refractivity contribution in [1.29, 1.82) is 0 Å². The zero-order chi connectivity index (χ0) is 7.11. The predicted molar refractivity (Wildman–Crippen MR) is 40.4 cm³/mol. The molecule has 2 N–H and O–H groups in total. The maximum absolute atomic E-state index is 5.04. The third-order valence-corrected chi connectivity index (χ3v) is 0.724. The molecule has 0 aromatic carbocycles. The van der Waals surface area contributed by atoms with Crippen LogP contribution in [0, 0.1) is 0 Å². The molecule has 0 aliphatic carbocycles. The van der Waals surface area contributed by atoms with Crippen LogP contribution in [0.4, 0.5) is 0 Å². The minimum Gasteiger partial charge on any atom is -0.403 e. The predicted octanol–water partition coefficient (Wildman–Crippen LogP) is 0.0487. The fourth-order valence-electron chi connectivity index (χ4n) is 0.321. The average molecular weight is 127 g/mol. The number of hydrogen-bond acceptors (Lipinski definition) is 3. The molecule has 0 atom stereocenters. The molecule has 0 aromatic rings. The van der Waals surface area contributed by atoms with Crippen LogP contribution in [0.5, 0.6) is 0 Å². The lowest BCUT2D eigenvalue weighted by molar-refractivity contribution is 0.473. The van der Waals surface area contributed by atoms with Gasteiger partial charge in [0.1, 0.15) is 0 Å². The molecule has 9 heavy (non-hydrogen) atoms. The zero-order valence-electron chi connectivity index (χ0n) is 5.91. The monoisotopic (exact) mass is 127 g/mol. The summed E-state index contributed by atoms with van der Waals surface area (Å²) in [4.78, 5) is 5.88. The summed E-state index contributed by atoms with van der Waals surface area (Å²) >= 11 is 0. The summed E-state index contributed by atoms with van der Waals surface area (Å²) in [5.41, 5.74) is 5.04. The van der Waals surface area contributed by atoms with E-state index in [9.17, 15) is 0 Å². The Morgan fingerprint density at radius 1 is 1.56 bits per heavy atom. The van der Waals surface area contributed by atoms with Gasteiger partial charge in [-0.05, 0) is 14.1 Å². The first-order valence-electron chi connectivity index (χ1n) is 2.80. The molecule has 0 amide bonds. The lowest BCUT2D eigenvalue weighted by Crippen LogP contribution is -2.13. The van der Waals surface area contributed by atoms with Crippen LogP contribution in [0.2, 0.25) is 0 Å². The van der Waals surface area contributed by atoms with E-state index in [1.807, 2.05) is 19.0 Å². The van der Waals surface area contributed by atoms with Crippen molar-refractivity contribution in [2.24, 2.45) is 10.7 Å². The van der Waals surface area contributed by atoms with Gasteiger partial charge >= 0.3 is 0 Å². The first-order valence-corrected chi connectivity index (χ1v) is 2.80. The second-order valence-electron chi connectivity index (χ2n) is 1.94. The molecule has 0 aromatic heterocycles. The van der Waals surface area contributed by atoms with Crippen LogP contribution < -0.4 is 5.73 Å². The lowest BCUT2D eigenvalue weighted by Gasteiger charge is -2.01. The molecular formula is C6H13N3. The average Bonchev–Trinajstić information content (AvgIpc) is 1.80. The summed E-state index contributed by atoms with van der Waals surface area (Å²) in [6, 6.07) is 0. The quantitative estimate of drug-likeness (QED) is 0.544. The third-order valence-electron chi connectivity index (χ3n) is 0.724. The van der Waals surface area contributed by atoms with Crippen molar-refractivity contribution >= 4 is 6.21 Å². The van der Waals surface area contributed by atoms with E-state index in [4.69, 9.17) is 5.73 Å². The molecule has 0 radical (unpaired) electrons. The SMILES string of the molecule is CN(C)CC=NC=CN. The lowest BCUT2D eigenvalue weighted by atomic mass is 10.6. The van der Waals surface area contributed by atoms with Gasteiger partial charge in [0, 0.05) is 25.2 Å². The highest BCUT2D eigenvalue weighted by Crippen LogP contribution is 1.70.